The standard InChI is InChI=1S/C11H12N2O/c1-8(6-12)5-11-4-3-10(7-13-11)9(2)14/h3-4,7-8H,5H2,1-2H3. The van der Waals surface area contributed by atoms with Crippen LogP contribution in [0.2, 0.25) is 0 Å². The molecule has 1 heterocycles. The van der Waals surface area contributed by atoms with Gasteiger partial charge in [0.1, 0.15) is 0 Å². The Morgan fingerprint density at radius 3 is 2.79 bits per heavy atom. The van der Waals surface area contributed by atoms with Gasteiger partial charge in [0.05, 0.1) is 6.07 Å². The molecule has 1 atom stereocenters. The van der Waals surface area contributed by atoms with Crippen LogP contribution in [0, 0.1) is 17.2 Å². The molecule has 0 amide bonds. The average molecular weight is 188 g/mol. The van der Waals surface area contributed by atoms with E-state index in [2.05, 4.69) is 11.1 Å². The molecule has 0 spiro atoms. The van der Waals surface area contributed by atoms with Crippen LogP contribution in [0.3, 0.4) is 0 Å². The van der Waals surface area contributed by atoms with Crippen LogP contribution >= 0.6 is 0 Å². The van der Waals surface area contributed by atoms with Gasteiger partial charge < -0.3 is 0 Å². The number of hydrogen-bond donors (Lipinski definition) is 0. The maximum Gasteiger partial charge on any atom is 0.161 e. The number of aromatic nitrogens is 1. The zero-order valence-corrected chi connectivity index (χ0v) is 8.32. The third-order valence-electron chi connectivity index (χ3n) is 1.97. The van der Waals surface area contributed by atoms with E-state index < -0.39 is 0 Å². The van der Waals surface area contributed by atoms with Gasteiger partial charge in [-0.1, -0.05) is 0 Å². The highest BCUT2D eigenvalue weighted by Crippen LogP contribution is 2.06. The van der Waals surface area contributed by atoms with E-state index in [1.165, 1.54) is 6.92 Å². The number of pyridine rings is 1. The number of hydrogen-bond acceptors (Lipinski definition) is 3. The molecule has 3 nitrogen and oxygen atoms in total. The minimum atomic E-state index is -0.0364. The van der Waals surface area contributed by atoms with Gasteiger partial charge in [-0.2, -0.15) is 5.26 Å². The predicted octanol–water partition coefficient (Wildman–Crippen LogP) is 1.99. The van der Waals surface area contributed by atoms with Gasteiger partial charge in [-0.15, -0.1) is 0 Å². The molecule has 1 unspecified atom stereocenters. The van der Waals surface area contributed by atoms with Crippen molar-refractivity contribution >= 4 is 5.78 Å². The molecule has 0 radical (unpaired) electrons. The fourth-order valence-corrected chi connectivity index (χ4v) is 1.11. The second-order valence-corrected chi connectivity index (χ2v) is 3.33. The Hall–Kier alpha value is -1.69. The van der Waals surface area contributed by atoms with E-state index >= 15 is 0 Å². The summed E-state index contributed by atoms with van der Waals surface area (Å²) in [6.07, 6.45) is 2.19. The minimum Gasteiger partial charge on any atom is -0.294 e. The van der Waals surface area contributed by atoms with E-state index in [-0.39, 0.29) is 11.7 Å². The van der Waals surface area contributed by atoms with Crippen molar-refractivity contribution in [2.45, 2.75) is 20.3 Å². The first kappa shape index (κ1) is 10.4. The molecule has 1 aromatic rings. The molecule has 1 aromatic heterocycles. The van der Waals surface area contributed by atoms with E-state index in [4.69, 9.17) is 5.26 Å². The first-order valence-corrected chi connectivity index (χ1v) is 4.49. The summed E-state index contributed by atoms with van der Waals surface area (Å²) in [7, 11) is 0. The Morgan fingerprint density at radius 1 is 1.64 bits per heavy atom. The van der Waals surface area contributed by atoms with Crippen LogP contribution in [0.15, 0.2) is 18.3 Å². The number of nitriles is 1. The molecule has 0 aliphatic rings. The second-order valence-electron chi connectivity index (χ2n) is 3.33. The van der Waals surface area contributed by atoms with Gasteiger partial charge >= 0.3 is 0 Å². The van der Waals surface area contributed by atoms with Crippen molar-refractivity contribution in [3.63, 3.8) is 0 Å². The van der Waals surface area contributed by atoms with E-state index in [0.717, 1.165) is 5.69 Å². The van der Waals surface area contributed by atoms with Crippen LogP contribution in [-0.4, -0.2) is 10.8 Å². The maximum atomic E-state index is 10.9. The van der Waals surface area contributed by atoms with E-state index in [1.807, 2.05) is 6.92 Å². The average Bonchev–Trinajstić information content (AvgIpc) is 2.18. The summed E-state index contributed by atoms with van der Waals surface area (Å²) < 4.78 is 0. The third kappa shape index (κ3) is 2.67. The zero-order valence-electron chi connectivity index (χ0n) is 8.32. The van der Waals surface area contributed by atoms with Gasteiger partial charge in [-0.3, -0.25) is 9.78 Å². The molecule has 72 valence electrons. The smallest absolute Gasteiger partial charge is 0.161 e. The predicted molar refractivity (Wildman–Crippen MR) is 52.7 cm³/mol. The number of rotatable bonds is 3. The van der Waals surface area contributed by atoms with Crippen LogP contribution in [0.4, 0.5) is 0 Å². The molecule has 1 rings (SSSR count). The van der Waals surface area contributed by atoms with Crippen LogP contribution in [0.1, 0.15) is 29.9 Å². The Bertz CT molecular complexity index is 362. The topological polar surface area (TPSA) is 53.8 Å². The summed E-state index contributed by atoms with van der Waals surface area (Å²) in [6.45, 7) is 3.36. The van der Waals surface area contributed by atoms with Crippen molar-refractivity contribution in [1.82, 2.24) is 4.98 Å². The Balaban J connectivity index is 2.75. The largest absolute Gasteiger partial charge is 0.294 e. The van der Waals surface area contributed by atoms with Crippen LogP contribution in [0.5, 0.6) is 0 Å². The number of nitrogens with zero attached hydrogens (tertiary/aromatic N) is 2. The van der Waals surface area contributed by atoms with Gasteiger partial charge in [-0.25, -0.2) is 0 Å². The minimum absolute atomic E-state index is 0.0115. The SMILES string of the molecule is CC(=O)c1ccc(CC(C)C#N)nc1. The highest BCUT2D eigenvalue weighted by molar-refractivity contribution is 5.93. The molecule has 0 bridgehead atoms. The number of carbonyl (C=O) groups is 1. The summed E-state index contributed by atoms with van der Waals surface area (Å²) in [5.74, 6) is -0.0249. The normalized spacial score (nSPS) is 11.8. The first-order valence-electron chi connectivity index (χ1n) is 4.49. The summed E-state index contributed by atoms with van der Waals surface area (Å²) in [5.41, 5.74) is 1.46. The molecule has 0 saturated carbocycles. The Kier molecular flexibility index (Phi) is 3.35. The van der Waals surface area contributed by atoms with Crippen LogP contribution in [-0.2, 0) is 6.42 Å². The van der Waals surface area contributed by atoms with Gasteiger partial charge in [0.15, 0.2) is 5.78 Å². The van der Waals surface area contributed by atoms with E-state index in [1.54, 1.807) is 18.3 Å². The summed E-state index contributed by atoms with van der Waals surface area (Å²) in [4.78, 5) is 15.1. The highest BCUT2D eigenvalue weighted by atomic mass is 16.1. The van der Waals surface area contributed by atoms with Crippen molar-refractivity contribution in [3.8, 4) is 6.07 Å². The number of carbonyl (C=O) groups excluding carboxylic acids is 1. The summed E-state index contributed by atoms with van der Waals surface area (Å²) >= 11 is 0. The first-order chi connectivity index (χ1) is 6.63. The monoisotopic (exact) mass is 188 g/mol. The van der Waals surface area contributed by atoms with Gasteiger partial charge in [0.2, 0.25) is 0 Å². The highest BCUT2D eigenvalue weighted by Gasteiger charge is 2.04. The lowest BCUT2D eigenvalue weighted by Crippen LogP contribution is -2.00. The Labute approximate surface area is 83.4 Å². The van der Waals surface area contributed by atoms with Crippen molar-refractivity contribution in [2.75, 3.05) is 0 Å². The lowest BCUT2D eigenvalue weighted by atomic mass is 10.1. The van der Waals surface area contributed by atoms with Gasteiger partial charge in [0.25, 0.3) is 0 Å². The lowest BCUT2D eigenvalue weighted by Gasteiger charge is -2.02. The van der Waals surface area contributed by atoms with Crippen molar-refractivity contribution in [3.05, 3.63) is 29.6 Å². The fraction of sp³-hybridized carbons (Fsp3) is 0.364. The van der Waals surface area contributed by atoms with E-state index in [0.29, 0.717) is 12.0 Å². The fourth-order valence-electron chi connectivity index (χ4n) is 1.11. The number of Topliss-reactive ketones (excluding diaryl/α,β-unsaturated/α-hetero) is 1. The Morgan fingerprint density at radius 2 is 2.36 bits per heavy atom. The van der Waals surface area contributed by atoms with Crippen molar-refractivity contribution in [2.24, 2.45) is 5.92 Å². The third-order valence-corrected chi connectivity index (χ3v) is 1.97. The lowest BCUT2D eigenvalue weighted by molar-refractivity contribution is 0.101. The van der Waals surface area contributed by atoms with Crippen LogP contribution < -0.4 is 0 Å². The molecule has 0 aliphatic carbocycles. The molecule has 3 heteroatoms. The molecule has 0 saturated heterocycles. The second kappa shape index (κ2) is 4.52. The van der Waals surface area contributed by atoms with Gasteiger partial charge in [-0.05, 0) is 26.0 Å². The van der Waals surface area contributed by atoms with Crippen molar-refractivity contribution < 1.29 is 4.79 Å². The molecular formula is C11H12N2O. The van der Waals surface area contributed by atoms with Gasteiger partial charge in [0, 0.05) is 29.8 Å². The maximum absolute atomic E-state index is 10.9. The molecule has 0 aliphatic heterocycles. The quantitative estimate of drug-likeness (QED) is 0.681. The zero-order chi connectivity index (χ0) is 10.6. The molecule has 0 fully saturated rings. The molecular weight excluding hydrogens is 176 g/mol. The van der Waals surface area contributed by atoms with Crippen LogP contribution in [0.25, 0.3) is 0 Å². The van der Waals surface area contributed by atoms with E-state index in [9.17, 15) is 4.79 Å². The summed E-state index contributed by atoms with van der Waals surface area (Å²) in [6, 6.07) is 5.68. The number of ketones is 1. The molecule has 0 aromatic carbocycles. The van der Waals surface area contributed by atoms with Crippen molar-refractivity contribution in [1.29, 1.82) is 5.26 Å². The molecule has 14 heavy (non-hydrogen) atoms. The summed E-state index contributed by atoms with van der Waals surface area (Å²) in [5, 5.41) is 8.61. The molecule has 0 N–H and O–H groups in total.